The molecular formula is C17H17NO3S2. The second-order valence-electron chi connectivity index (χ2n) is 5.24. The molecule has 1 N–H and O–H groups in total. The first-order valence-electron chi connectivity index (χ1n) is 7.44. The van der Waals surface area contributed by atoms with E-state index < -0.39 is 0 Å². The Hall–Kier alpha value is -1.92. The Morgan fingerprint density at radius 3 is 2.87 bits per heavy atom. The lowest BCUT2D eigenvalue weighted by atomic mass is 9.95. The van der Waals surface area contributed by atoms with Crippen LogP contribution >= 0.6 is 22.7 Å². The Bertz CT molecular complexity index is 744. The average Bonchev–Trinajstić information content (AvgIpc) is 3.19. The Kier molecular flexibility index (Phi) is 4.93. The van der Waals surface area contributed by atoms with Crippen LogP contribution in [0.1, 0.15) is 38.5 Å². The van der Waals surface area contributed by atoms with Crippen LogP contribution in [0, 0.1) is 0 Å². The van der Waals surface area contributed by atoms with E-state index in [1.807, 2.05) is 17.5 Å². The summed E-state index contributed by atoms with van der Waals surface area (Å²) in [4.78, 5) is 26.5. The number of rotatable bonds is 4. The Morgan fingerprint density at radius 1 is 1.30 bits per heavy atom. The molecule has 0 spiro atoms. The molecule has 1 amide bonds. The molecule has 0 aromatic carbocycles. The summed E-state index contributed by atoms with van der Waals surface area (Å²) in [6.45, 7) is 0. The first-order valence-corrected chi connectivity index (χ1v) is 9.14. The van der Waals surface area contributed by atoms with E-state index in [0.29, 0.717) is 10.6 Å². The van der Waals surface area contributed by atoms with Crippen LogP contribution in [0.5, 0.6) is 0 Å². The van der Waals surface area contributed by atoms with Crippen LogP contribution < -0.4 is 5.32 Å². The van der Waals surface area contributed by atoms with Gasteiger partial charge in [-0.3, -0.25) is 4.79 Å². The standard InChI is InChI=1S/C17H17NO3S2/c1-21-17(20)15-12-6-2-3-7-13(12)23-16(15)18-14(19)9-8-11-5-4-10-22-11/h4-5,8-10H,2-3,6-7H2,1H3,(H,18,19). The van der Waals surface area contributed by atoms with Crippen molar-refractivity contribution in [1.82, 2.24) is 0 Å². The zero-order valence-electron chi connectivity index (χ0n) is 12.8. The van der Waals surface area contributed by atoms with Gasteiger partial charge < -0.3 is 10.1 Å². The van der Waals surface area contributed by atoms with Gasteiger partial charge in [0.1, 0.15) is 5.00 Å². The Morgan fingerprint density at radius 2 is 2.13 bits per heavy atom. The molecule has 0 radical (unpaired) electrons. The lowest BCUT2D eigenvalue weighted by Gasteiger charge is -2.11. The minimum Gasteiger partial charge on any atom is -0.465 e. The fraction of sp³-hybridized carbons (Fsp3) is 0.294. The van der Waals surface area contributed by atoms with Gasteiger partial charge in [-0.15, -0.1) is 22.7 Å². The fourth-order valence-electron chi connectivity index (χ4n) is 2.67. The first kappa shape index (κ1) is 16.0. The zero-order valence-corrected chi connectivity index (χ0v) is 14.4. The van der Waals surface area contributed by atoms with Crippen molar-refractivity contribution in [2.75, 3.05) is 12.4 Å². The maximum atomic E-state index is 12.1. The van der Waals surface area contributed by atoms with Gasteiger partial charge in [0.2, 0.25) is 5.91 Å². The molecular weight excluding hydrogens is 330 g/mol. The van der Waals surface area contributed by atoms with Crippen LogP contribution in [0.4, 0.5) is 5.00 Å². The van der Waals surface area contributed by atoms with Gasteiger partial charge in [0.25, 0.3) is 0 Å². The van der Waals surface area contributed by atoms with Crippen molar-refractivity contribution >= 4 is 45.6 Å². The largest absolute Gasteiger partial charge is 0.465 e. The Balaban J connectivity index is 1.83. The maximum absolute atomic E-state index is 12.1. The molecule has 1 aliphatic rings. The predicted octanol–water partition coefficient (Wildman–Crippen LogP) is 4.13. The molecule has 2 aromatic rings. The number of carbonyl (C=O) groups excluding carboxylic acids is 2. The minimum absolute atomic E-state index is 0.234. The van der Waals surface area contributed by atoms with Gasteiger partial charge in [-0.1, -0.05) is 6.07 Å². The van der Waals surface area contributed by atoms with Crippen LogP contribution in [0.2, 0.25) is 0 Å². The van der Waals surface area contributed by atoms with E-state index in [9.17, 15) is 9.59 Å². The smallest absolute Gasteiger partial charge is 0.341 e. The molecule has 120 valence electrons. The number of ether oxygens (including phenoxy) is 1. The summed E-state index contributed by atoms with van der Waals surface area (Å²) in [6, 6.07) is 3.88. The number of hydrogen-bond acceptors (Lipinski definition) is 5. The second-order valence-corrected chi connectivity index (χ2v) is 7.33. The topological polar surface area (TPSA) is 55.4 Å². The molecule has 2 heterocycles. The van der Waals surface area contributed by atoms with Crippen molar-refractivity contribution in [2.45, 2.75) is 25.7 Å². The van der Waals surface area contributed by atoms with Crippen molar-refractivity contribution in [3.8, 4) is 0 Å². The summed E-state index contributed by atoms with van der Waals surface area (Å²) in [5.74, 6) is -0.607. The van der Waals surface area contributed by atoms with Crippen molar-refractivity contribution < 1.29 is 14.3 Å². The molecule has 4 nitrogen and oxygen atoms in total. The lowest BCUT2D eigenvalue weighted by molar-refractivity contribution is -0.111. The third-order valence-electron chi connectivity index (χ3n) is 3.74. The molecule has 3 rings (SSSR count). The maximum Gasteiger partial charge on any atom is 0.341 e. The molecule has 0 atom stereocenters. The van der Waals surface area contributed by atoms with Gasteiger partial charge >= 0.3 is 5.97 Å². The molecule has 0 aliphatic heterocycles. The molecule has 2 aromatic heterocycles. The van der Waals surface area contributed by atoms with Gasteiger partial charge in [-0.25, -0.2) is 4.79 Å². The zero-order chi connectivity index (χ0) is 16.2. The van der Waals surface area contributed by atoms with E-state index in [1.165, 1.54) is 29.4 Å². The van der Waals surface area contributed by atoms with Crippen molar-refractivity contribution in [3.05, 3.63) is 44.5 Å². The van der Waals surface area contributed by atoms with Gasteiger partial charge in [0.05, 0.1) is 12.7 Å². The average molecular weight is 347 g/mol. The predicted molar refractivity (Wildman–Crippen MR) is 94.3 cm³/mol. The molecule has 0 saturated carbocycles. The van der Waals surface area contributed by atoms with Crippen LogP contribution in [0.3, 0.4) is 0 Å². The molecule has 0 bridgehead atoms. The molecule has 6 heteroatoms. The number of thiophene rings is 2. The molecule has 0 unspecified atom stereocenters. The third-order valence-corrected chi connectivity index (χ3v) is 5.78. The highest BCUT2D eigenvalue weighted by Crippen LogP contribution is 2.38. The number of esters is 1. The van der Waals surface area contributed by atoms with Gasteiger partial charge in [0.15, 0.2) is 0 Å². The highest BCUT2D eigenvalue weighted by Gasteiger charge is 2.26. The highest BCUT2D eigenvalue weighted by molar-refractivity contribution is 7.17. The highest BCUT2D eigenvalue weighted by atomic mass is 32.1. The van der Waals surface area contributed by atoms with Crippen LogP contribution in [-0.4, -0.2) is 19.0 Å². The first-order chi connectivity index (χ1) is 11.2. The number of nitrogens with one attached hydrogen (secondary N) is 1. The van der Waals surface area contributed by atoms with Crippen molar-refractivity contribution in [2.24, 2.45) is 0 Å². The quantitative estimate of drug-likeness (QED) is 0.668. The number of anilines is 1. The summed E-state index contributed by atoms with van der Waals surface area (Å²) >= 11 is 3.06. The number of carbonyl (C=O) groups is 2. The number of methoxy groups -OCH3 is 1. The van der Waals surface area contributed by atoms with Gasteiger partial charge in [0, 0.05) is 15.8 Å². The van der Waals surface area contributed by atoms with Crippen LogP contribution in [0.25, 0.3) is 6.08 Å². The minimum atomic E-state index is -0.373. The lowest BCUT2D eigenvalue weighted by Crippen LogP contribution is -2.13. The fourth-order valence-corrected chi connectivity index (χ4v) is 4.57. The summed E-state index contributed by atoms with van der Waals surface area (Å²) in [5.41, 5.74) is 1.58. The molecule has 1 aliphatic carbocycles. The van der Waals surface area contributed by atoms with E-state index in [4.69, 9.17) is 4.74 Å². The van der Waals surface area contributed by atoms with E-state index >= 15 is 0 Å². The summed E-state index contributed by atoms with van der Waals surface area (Å²) in [7, 11) is 1.37. The summed E-state index contributed by atoms with van der Waals surface area (Å²) in [6.07, 6.45) is 7.29. The van der Waals surface area contributed by atoms with E-state index in [-0.39, 0.29) is 11.9 Å². The van der Waals surface area contributed by atoms with Crippen LogP contribution in [-0.2, 0) is 22.4 Å². The molecule has 0 fully saturated rings. The number of fused-ring (bicyclic) bond motifs is 1. The van der Waals surface area contributed by atoms with Gasteiger partial charge in [-0.05, 0) is 48.8 Å². The van der Waals surface area contributed by atoms with Crippen molar-refractivity contribution in [1.29, 1.82) is 0 Å². The number of aryl methyl sites for hydroxylation is 1. The monoisotopic (exact) mass is 347 g/mol. The molecule has 23 heavy (non-hydrogen) atoms. The van der Waals surface area contributed by atoms with Crippen molar-refractivity contribution in [3.63, 3.8) is 0 Å². The second kappa shape index (κ2) is 7.10. The normalized spacial score (nSPS) is 13.8. The third kappa shape index (κ3) is 3.54. The van der Waals surface area contributed by atoms with Gasteiger partial charge in [-0.2, -0.15) is 0 Å². The van der Waals surface area contributed by atoms with E-state index in [1.54, 1.807) is 17.4 Å². The van der Waals surface area contributed by atoms with E-state index in [2.05, 4.69) is 5.32 Å². The van der Waals surface area contributed by atoms with Crippen LogP contribution in [0.15, 0.2) is 23.6 Å². The summed E-state index contributed by atoms with van der Waals surface area (Å²) in [5, 5.41) is 5.40. The SMILES string of the molecule is COC(=O)c1c(NC(=O)C=Cc2cccs2)sc2c1CCCC2. The molecule has 0 saturated heterocycles. The number of hydrogen-bond donors (Lipinski definition) is 1. The number of amides is 1. The van der Waals surface area contributed by atoms with E-state index in [0.717, 1.165) is 36.1 Å². The summed E-state index contributed by atoms with van der Waals surface area (Å²) < 4.78 is 4.90. The Labute approximate surface area is 142 Å².